The van der Waals surface area contributed by atoms with Gasteiger partial charge in [-0.15, -0.1) is 0 Å². The van der Waals surface area contributed by atoms with Gasteiger partial charge in [0.05, 0.1) is 13.2 Å². The van der Waals surface area contributed by atoms with Gasteiger partial charge in [-0.05, 0) is 0 Å². The third kappa shape index (κ3) is 3.66. The Labute approximate surface area is 36.7 Å². The zero-order chi connectivity index (χ0) is 4.83. The van der Waals surface area contributed by atoms with Crippen molar-refractivity contribution in [1.29, 1.82) is 0 Å². The van der Waals surface area contributed by atoms with Gasteiger partial charge in [-0.25, -0.2) is 0 Å². The van der Waals surface area contributed by atoms with Crippen LogP contribution in [0.1, 0.15) is 0 Å². The lowest BCUT2D eigenvalue weighted by Gasteiger charge is -1.73. The summed E-state index contributed by atoms with van der Waals surface area (Å²) >= 11 is 0. The molecule has 0 unspecified atom stereocenters. The van der Waals surface area contributed by atoms with Crippen LogP contribution < -0.4 is 0 Å². The van der Waals surface area contributed by atoms with Gasteiger partial charge >= 0.3 is 0 Å². The normalized spacial score (nSPS) is 10.3. The van der Waals surface area contributed by atoms with Gasteiger partial charge in [0.25, 0.3) is 0 Å². The van der Waals surface area contributed by atoms with Gasteiger partial charge in [-0.3, -0.25) is 0 Å². The van der Waals surface area contributed by atoms with Crippen LogP contribution >= 0.6 is 0 Å². The van der Waals surface area contributed by atoms with Crippen molar-refractivity contribution >= 4 is 0 Å². The largest absolute Gasteiger partial charge is 0.392 e. The number of hydrogen-bond acceptors (Lipinski definition) is 2. The van der Waals surface area contributed by atoms with Crippen molar-refractivity contribution in [2.24, 2.45) is 0 Å². The fourth-order valence-electron chi connectivity index (χ4n) is 0.149. The maximum atomic E-state index is 8.00. The molecule has 2 N–H and O–H groups in total. The summed E-state index contributed by atoms with van der Waals surface area (Å²) in [6.45, 7) is 0.0289. The summed E-state index contributed by atoms with van der Waals surface area (Å²) in [4.78, 5) is 0. The van der Waals surface area contributed by atoms with E-state index < -0.39 is 0 Å². The molecule has 0 aliphatic heterocycles. The van der Waals surface area contributed by atoms with E-state index in [9.17, 15) is 0 Å². The third-order valence-electron chi connectivity index (χ3n) is 0.377. The molecule has 0 spiro atoms. The standard InChI is InChI=1S/C4H8O2/c5-3-1-2-4-6/h1-2,5-6H,3-4H2/b2-1+/i1+1,2+1. The molecule has 0 aliphatic rings. The Hall–Kier alpha value is -0.340. The summed E-state index contributed by atoms with van der Waals surface area (Å²) in [5, 5.41) is 16.0. The maximum absolute atomic E-state index is 8.00. The van der Waals surface area contributed by atoms with Gasteiger partial charge in [0.15, 0.2) is 0 Å². The topological polar surface area (TPSA) is 40.5 Å². The van der Waals surface area contributed by atoms with E-state index in [1.807, 2.05) is 0 Å². The van der Waals surface area contributed by atoms with Crippen LogP contribution in [0, 0.1) is 0 Å². The van der Waals surface area contributed by atoms with Gasteiger partial charge in [0.1, 0.15) is 0 Å². The average molecular weight is 90.1 g/mol. The van der Waals surface area contributed by atoms with E-state index in [2.05, 4.69) is 0 Å². The Morgan fingerprint density at radius 3 is 1.50 bits per heavy atom. The van der Waals surface area contributed by atoms with Crippen LogP contribution in [-0.4, -0.2) is 23.4 Å². The van der Waals surface area contributed by atoms with E-state index in [1.165, 1.54) is 12.2 Å². The molecule has 0 saturated carbocycles. The lowest BCUT2D eigenvalue weighted by Crippen LogP contribution is -1.74. The predicted octanol–water partition coefficient (Wildman–Crippen LogP) is -0.473. The maximum Gasteiger partial charge on any atom is 0.0613 e. The number of aliphatic hydroxyl groups is 2. The second-order valence-corrected chi connectivity index (χ2v) is 0.837. The molecular formula is C4H8O2. The summed E-state index contributed by atoms with van der Waals surface area (Å²) in [5.74, 6) is 0. The molecule has 0 saturated heterocycles. The second kappa shape index (κ2) is 4.66. The quantitative estimate of drug-likeness (QED) is 0.355. The van der Waals surface area contributed by atoms with Crippen LogP contribution in [0.25, 0.3) is 0 Å². The van der Waals surface area contributed by atoms with Crippen LogP contribution in [0.15, 0.2) is 12.2 Å². The molecular weight excluding hydrogens is 82.0 g/mol. The predicted molar refractivity (Wildman–Crippen MR) is 23.3 cm³/mol. The van der Waals surface area contributed by atoms with Crippen molar-refractivity contribution in [1.82, 2.24) is 0 Å². The van der Waals surface area contributed by atoms with Crippen molar-refractivity contribution in [3.63, 3.8) is 0 Å². The summed E-state index contributed by atoms with van der Waals surface area (Å²) in [7, 11) is 0. The minimum Gasteiger partial charge on any atom is -0.392 e. The molecule has 0 aromatic heterocycles. The molecule has 0 radical (unpaired) electrons. The lowest BCUT2D eigenvalue weighted by molar-refractivity contribution is 0.329. The molecule has 0 heterocycles. The van der Waals surface area contributed by atoms with E-state index in [0.29, 0.717) is 0 Å². The van der Waals surface area contributed by atoms with E-state index in [1.54, 1.807) is 0 Å². The van der Waals surface area contributed by atoms with E-state index in [0.717, 1.165) is 0 Å². The summed E-state index contributed by atoms with van der Waals surface area (Å²) in [6, 6.07) is 0. The average Bonchev–Trinajstić information content (AvgIpc) is 1.61. The number of aliphatic hydroxyl groups excluding tert-OH is 2. The highest BCUT2D eigenvalue weighted by Crippen LogP contribution is 1.63. The molecule has 0 bridgehead atoms. The van der Waals surface area contributed by atoms with Crippen molar-refractivity contribution in [3.05, 3.63) is 12.2 Å². The van der Waals surface area contributed by atoms with Crippen LogP contribution in [0.2, 0.25) is 0 Å². The number of rotatable bonds is 2. The van der Waals surface area contributed by atoms with Gasteiger partial charge in [-0.2, -0.15) is 0 Å². The van der Waals surface area contributed by atoms with Gasteiger partial charge in [-0.1, -0.05) is 12.2 Å². The summed E-state index contributed by atoms with van der Waals surface area (Å²) in [5.41, 5.74) is 0. The molecule has 0 aromatic carbocycles. The lowest BCUT2D eigenvalue weighted by atomic mass is 11.0. The Bertz CT molecular complexity index is 34.8. The fraction of sp³-hybridized carbons (Fsp3) is 0.500. The first-order valence-electron chi connectivity index (χ1n) is 1.78. The van der Waals surface area contributed by atoms with Gasteiger partial charge < -0.3 is 10.2 Å². The van der Waals surface area contributed by atoms with Crippen molar-refractivity contribution in [2.45, 2.75) is 0 Å². The molecule has 6 heavy (non-hydrogen) atoms. The first kappa shape index (κ1) is 5.66. The molecule has 36 valence electrons. The van der Waals surface area contributed by atoms with E-state index >= 15 is 0 Å². The van der Waals surface area contributed by atoms with E-state index in [4.69, 9.17) is 10.2 Å². The first-order chi connectivity index (χ1) is 2.91. The highest BCUT2D eigenvalue weighted by Gasteiger charge is 1.61. The molecule has 0 rings (SSSR count). The first-order valence-corrected chi connectivity index (χ1v) is 1.78. The van der Waals surface area contributed by atoms with Crippen LogP contribution in [0.4, 0.5) is 0 Å². The zero-order valence-corrected chi connectivity index (χ0v) is 3.46. The highest BCUT2D eigenvalue weighted by atomic mass is 16.3. The molecule has 0 aromatic rings. The Morgan fingerprint density at radius 1 is 1.00 bits per heavy atom. The molecule has 0 fully saturated rings. The van der Waals surface area contributed by atoms with Crippen LogP contribution in [0.3, 0.4) is 0 Å². The van der Waals surface area contributed by atoms with Crippen molar-refractivity contribution in [3.8, 4) is 0 Å². The van der Waals surface area contributed by atoms with Crippen LogP contribution in [0.5, 0.6) is 0 Å². The molecule has 2 nitrogen and oxygen atoms in total. The molecule has 2 heteroatoms. The summed E-state index contributed by atoms with van der Waals surface area (Å²) < 4.78 is 0. The smallest absolute Gasteiger partial charge is 0.0613 e. The Kier molecular flexibility index (Phi) is 4.40. The van der Waals surface area contributed by atoms with Gasteiger partial charge in [0, 0.05) is 0 Å². The van der Waals surface area contributed by atoms with Crippen molar-refractivity contribution in [2.75, 3.05) is 13.2 Å². The van der Waals surface area contributed by atoms with Gasteiger partial charge in [0.2, 0.25) is 0 Å². The fourth-order valence-corrected chi connectivity index (χ4v) is 0.149. The minimum atomic E-state index is 0.0144. The third-order valence-corrected chi connectivity index (χ3v) is 0.377. The Balaban J connectivity index is 2.73. The number of hydrogen-bond donors (Lipinski definition) is 2. The Morgan fingerprint density at radius 2 is 1.33 bits per heavy atom. The molecule has 0 atom stereocenters. The van der Waals surface area contributed by atoms with E-state index in [-0.39, 0.29) is 13.2 Å². The zero-order valence-electron chi connectivity index (χ0n) is 3.46. The summed E-state index contributed by atoms with van der Waals surface area (Å²) in [6.07, 6.45) is 2.97. The molecule has 0 amide bonds. The van der Waals surface area contributed by atoms with Crippen molar-refractivity contribution < 1.29 is 10.2 Å². The molecule has 0 aliphatic carbocycles. The SMILES string of the molecule is OC/[13CH]=[13CH]/CO. The van der Waals surface area contributed by atoms with Crippen LogP contribution in [-0.2, 0) is 0 Å². The minimum absolute atomic E-state index is 0.0144. The second-order valence-electron chi connectivity index (χ2n) is 0.837. The highest BCUT2D eigenvalue weighted by molar-refractivity contribution is 4.78. The monoisotopic (exact) mass is 90.1 g/mol.